The number of ether oxygens (including phenoxy) is 3. The number of fused-ring (bicyclic) bond motifs is 7. The fourth-order valence-corrected chi connectivity index (χ4v) is 11.2. The molecule has 42 heavy (non-hydrogen) atoms. The lowest BCUT2D eigenvalue weighted by Gasteiger charge is -2.61. The van der Waals surface area contributed by atoms with Crippen molar-refractivity contribution in [3.05, 3.63) is 0 Å². The van der Waals surface area contributed by atoms with Gasteiger partial charge < -0.3 is 39.7 Å². The van der Waals surface area contributed by atoms with Crippen molar-refractivity contribution in [2.45, 2.75) is 134 Å². The van der Waals surface area contributed by atoms with Crippen molar-refractivity contribution in [3.8, 4) is 0 Å². The molecule has 2 saturated heterocycles. The van der Waals surface area contributed by atoms with Gasteiger partial charge in [-0.3, -0.25) is 0 Å². The Bertz CT molecular complexity index is 998. The van der Waals surface area contributed by atoms with E-state index in [-0.39, 0.29) is 22.7 Å². The number of carbonyl (C=O) groups excluding carboxylic acids is 1. The zero-order valence-electron chi connectivity index (χ0n) is 25.9. The van der Waals surface area contributed by atoms with Crippen molar-refractivity contribution in [2.75, 3.05) is 13.2 Å². The topological polar surface area (TPSA) is 146 Å². The van der Waals surface area contributed by atoms with Crippen LogP contribution in [0.25, 0.3) is 0 Å². The lowest BCUT2D eigenvalue weighted by molar-refractivity contribution is -0.273. The van der Waals surface area contributed by atoms with Gasteiger partial charge in [0.15, 0.2) is 11.9 Å². The highest BCUT2D eigenvalue weighted by Crippen LogP contribution is 2.71. The van der Waals surface area contributed by atoms with Crippen LogP contribution in [0.4, 0.5) is 0 Å². The summed E-state index contributed by atoms with van der Waals surface area (Å²) in [5.41, 5.74) is 0.461. The molecule has 4 unspecified atom stereocenters. The van der Waals surface area contributed by atoms with E-state index in [0.717, 1.165) is 38.7 Å². The number of hydrogen-bond acceptors (Lipinski definition) is 9. The Labute approximate surface area is 250 Å². The number of carbonyl (C=O) groups is 1. The monoisotopic (exact) mass is 594 g/mol. The summed E-state index contributed by atoms with van der Waals surface area (Å²) in [6.07, 6.45) is 2.98. The average Bonchev–Trinajstić information content (AvgIpc) is 3.42. The molecule has 0 aromatic carbocycles. The standard InChI is InChI=1S/C33H54O9/c1-17-7-12-33(40-16-17)18(2)26-25(42-33)14-23-21-6-5-19-13-20(8-10-31(19,3)22(21)9-11-32(23,26)4)41-30(39)29(38)28(37)27(36)24(35)15-34/h17-29,34-38H,5-16H2,1-4H3/t17-,18+,19+,20+,21?,22?,23+,24-,25?,26?,27-,28+,29-,31+,32+,33-/m1/s1. The summed E-state index contributed by atoms with van der Waals surface area (Å²) >= 11 is 0. The van der Waals surface area contributed by atoms with Crippen molar-refractivity contribution in [1.29, 1.82) is 0 Å². The summed E-state index contributed by atoms with van der Waals surface area (Å²) in [7, 11) is 0. The van der Waals surface area contributed by atoms with Crippen LogP contribution in [0.1, 0.15) is 91.9 Å². The number of esters is 1. The average molecular weight is 595 g/mol. The summed E-state index contributed by atoms with van der Waals surface area (Å²) in [6, 6.07) is 0. The largest absolute Gasteiger partial charge is 0.460 e. The Morgan fingerprint density at radius 3 is 2.33 bits per heavy atom. The number of aliphatic hydroxyl groups excluding tert-OH is 5. The van der Waals surface area contributed by atoms with Gasteiger partial charge in [-0.2, -0.15) is 0 Å². The molecule has 2 heterocycles. The Morgan fingerprint density at radius 1 is 0.905 bits per heavy atom. The first-order chi connectivity index (χ1) is 19.8. The molecule has 16 atom stereocenters. The van der Waals surface area contributed by atoms with Gasteiger partial charge >= 0.3 is 5.97 Å². The third-order valence-electron chi connectivity index (χ3n) is 13.7. The second kappa shape index (κ2) is 11.2. The van der Waals surface area contributed by atoms with Gasteiger partial charge in [0.25, 0.3) is 0 Å². The highest BCUT2D eigenvalue weighted by atomic mass is 16.7. The highest BCUT2D eigenvalue weighted by molar-refractivity contribution is 5.75. The molecule has 5 N–H and O–H groups in total. The fraction of sp³-hybridized carbons (Fsp3) is 0.970. The summed E-state index contributed by atoms with van der Waals surface area (Å²) < 4.78 is 19.0. The molecule has 4 aliphatic carbocycles. The van der Waals surface area contributed by atoms with Crippen LogP contribution in [0.3, 0.4) is 0 Å². The highest BCUT2D eigenvalue weighted by Gasteiger charge is 2.69. The minimum atomic E-state index is -1.99. The van der Waals surface area contributed by atoms with E-state index in [9.17, 15) is 25.2 Å². The van der Waals surface area contributed by atoms with Crippen molar-refractivity contribution in [3.63, 3.8) is 0 Å². The fourth-order valence-electron chi connectivity index (χ4n) is 11.2. The summed E-state index contributed by atoms with van der Waals surface area (Å²) in [4.78, 5) is 12.6. The molecule has 0 radical (unpaired) electrons. The van der Waals surface area contributed by atoms with Gasteiger partial charge in [0, 0.05) is 12.3 Å². The van der Waals surface area contributed by atoms with Crippen LogP contribution in [0, 0.1) is 52.3 Å². The van der Waals surface area contributed by atoms with Crippen molar-refractivity contribution < 1.29 is 44.5 Å². The molecule has 2 aliphatic heterocycles. The first kappa shape index (κ1) is 31.2. The molecule has 0 aromatic heterocycles. The zero-order chi connectivity index (χ0) is 30.2. The maximum absolute atomic E-state index is 12.6. The second-order valence-electron chi connectivity index (χ2n) is 15.7. The Morgan fingerprint density at radius 2 is 1.64 bits per heavy atom. The van der Waals surface area contributed by atoms with E-state index < -0.39 is 37.0 Å². The first-order valence-electron chi connectivity index (χ1n) is 16.7. The smallest absolute Gasteiger partial charge is 0.338 e. The lowest BCUT2D eigenvalue weighted by atomic mass is 9.44. The summed E-state index contributed by atoms with van der Waals surface area (Å²) in [5, 5.41) is 48.8. The lowest BCUT2D eigenvalue weighted by Crippen LogP contribution is -2.55. The van der Waals surface area contributed by atoms with Crippen molar-refractivity contribution in [1.82, 2.24) is 0 Å². The van der Waals surface area contributed by atoms with Gasteiger partial charge in [-0.25, -0.2) is 4.79 Å². The third kappa shape index (κ3) is 4.79. The first-order valence-corrected chi connectivity index (χ1v) is 16.7. The van der Waals surface area contributed by atoms with Gasteiger partial charge in [-0.05, 0) is 104 Å². The normalized spacial score (nSPS) is 51.0. The van der Waals surface area contributed by atoms with Gasteiger partial charge in [0.05, 0.1) is 19.3 Å². The molecular formula is C33H54O9. The third-order valence-corrected chi connectivity index (χ3v) is 13.7. The summed E-state index contributed by atoms with van der Waals surface area (Å²) in [5.74, 6) is 2.62. The number of hydrogen-bond donors (Lipinski definition) is 5. The van der Waals surface area contributed by atoms with E-state index in [0.29, 0.717) is 54.0 Å². The van der Waals surface area contributed by atoms with Crippen LogP contribution < -0.4 is 0 Å². The SMILES string of the molecule is C[C@@H]1CC[C@@]2(OC1)OC1C[C@H]3C4CC[C@H]5C[C@@H](OC(=O)[C@H](O)[C@@H](O)[C@H](O)[C@H](O)CO)CC[C@]5(C)C4CC[C@]3(C)C1[C@@H]2C. The molecular weight excluding hydrogens is 540 g/mol. The van der Waals surface area contributed by atoms with Gasteiger partial charge in [-0.15, -0.1) is 0 Å². The van der Waals surface area contributed by atoms with E-state index in [4.69, 9.17) is 19.3 Å². The maximum Gasteiger partial charge on any atom is 0.338 e. The van der Waals surface area contributed by atoms with Crippen LogP contribution in [-0.2, 0) is 19.0 Å². The molecule has 4 saturated carbocycles. The number of rotatable bonds is 6. The van der Waals surface area contributed by atoms with E-state index in [1.807, 2.05) is 0 Å². The maximum atomic E-state index is 12.6. The van der Waals surface area contributed by atoms with Crippen LogP contribution in [0.2, 0.25) is 0 Å². The van der Waals surface area contributed by atoms with Crippen molar-refractivity contribution >= 4 is 5.97 Å². The molecule has 9 heteroatoms. The molecule has 0 aromatic rings. The van der Waals surface area contributed by atoms with Crippen LogP contribution in [-0.4, -0.2) is 87.1 Å². The van der Waals surface area contributed by atoms with E-state index in [1.54, 1.807) is 0 Å². The van der Waals surface area contributed by atoms with Crippen molar-refractivity contribution in [2.24, 2.45) is 52.3 Å². The quantitative estimate of drug-likeness (QED) is 0.293. The molecule has 1 spiro atoms. The van der Waals surface area contributed by atoms with Gasteiger partial charge in [0.2, 0.25) is 0 Å². The molecule has 6 rings (SSSR count). The van der Waals surface area contributed by atoms with Gasteiger partial charge in [0.1, 0.15) is 24.4 Å². The minimum Gasteiger partial charge on any atom is -0.460 e. The molecule has 0 bridgehead atoms. The molecule has 6 aliphatic rings. The van der Waals surface area contributed by atoms with E-state index in [1.165, 1.54) is 25.7 Å². The Hall–Kier alpha value is -0.810. The van der Waals surface area contributed by atoms with Crippen LogP contribution in [0.5, 0.6) is 0 Å². The minimum absolute atomic E-state index is 0.181. The van der Waals surface area contributed by atoms with E-state index >= 15 is 0 Å². The second-order valence-corrected chi connectivity index (χ2v) is 15.7. The molecule has 6 fully saturated rings. The predicted molar refractivity (Wildman–Crippen MR) is 153 cm³/mol. The number of aliphatic hydroxyl groups is 5. The summed E-state index contributed by atoms with van der Waals surface area (Å²) in [6.45, 7) is 9.69. The van der Waals surface area contributed by atoms with E-state index in [2.05, 4.69) is 27.7 Å². The molecule has 0 amide bonds. The molecule has 240 valence electrons. The predicted octanol–water partition coefficient (Wildman–Crippen LogP) is 2.78. The Kier molecular flexibility index (Phi) is 8.33. The Balaban J connectivity index is 1.09. The molecule has 9 nitrogen and oxygen atoms in total. The van der Waals surface area contributed by atoms with Crippen LogP contribution in [0.15, 0.2) is 0 Å². The zero-order valence-corrected chi connectivity index (χ0v) is 25.9. The van der Waals surface area contributed by atoms with Gasteiger partial charge in [-0.1, -0.05) is 27.7 Å². The van der Waals surface area contributed by atoms with Crippen LogP contribution >= 0.6 is 0 Å².